The number of hydrogen-bond acceptors (Lipinski definition) is 2. The van der Waals surface area contributed by atoms with Crippen LogP contribution in [-0.4, -0.2) is 10.8 Å². The molecule has 0 bridgehead atoms. The number of ketones is 1. The van der Waals surface area contributed by atoms with Crippen LogP contribution < -0.4 is 0 Å². The quantitative estimate of drug-likeness (QED) is 0.633. The summed E-state index contributed by atoms with van der Waals surface area (Å²) in [5.41, 5.74) is 5.95. The van der Waals surface area contributed by atoms with Gasteiger partial charge >= 0.3 is 0 Å². The van der Waals surface area contributed by atoms with Crippen molar-refractivity contribution in [3.05, 3.63) is 65.4 Å². The van der Waals surface area contributed by atoms with Gasteiger partial charge in [-0.1, -0.05) is 36.4 Å². The fourth-order valence-electron chi connectivity index (χ4n) is 2.90. The zero-order chi connectivity index (χ0) is 15.0. The Hall–Kier alpha value is -2.48. The Balaban J connectivity index is 2.34. The fourth-order valence-corrected chi connectivity index (χ4v) is 2.90. The van der Waals surface area contributed by atoms with E-state index in [0.717, 1.165) is 38.7 Å². The maximum Gasteiger partial charge on any atom is 0.160 e. The summed E-state index contributed by atoms with van der Waals surface area (Å²) in [5, 5.41) is 0.946. The largest absolute Gasteiger partial charge is 0.294 e. The van der Waals surface area contributed by atoms with E-state index >= 15 is 0 Å². The minimum absolute atomic E-state index is 0.0875. The number of carbonyl (C=O) groups excluding carboxylic acids is 1. The van der Waals surface area contributed by atoms with Crippen molar-refractivity contribution in [1.82, 2.24) is 4.98 Å². The summed E-state index contributed by atoms with van der Waals surface area (Å²) in [4.78, 5) is 16.6. The number of hydrogen-bond donors (Lipinski definition) is 0. The molecule has 0 aliphatic heterocycles. The number of benzene rings is 2. The molecular weight excluding hydrogens is 258 g/mol. The average molecular weight is 275 g/mol. The van der Waals surface area contributed by atoms with Crippen LogP contribution >= 0.6 is 0 Å². The predicted octanol–water partition coefficient (Wildman–Crippen LogP) is 4.72. The van der Waals surface area contributed by atoms with Crippen LogP contribution in [0.4, 0.5) is 0 Å². The first-order valence-corrected chi connectivity index (χ1v) is 7.04. The van der Waals surface area contributed by atoms with Crippen molar-refractivity contribution in [2.45, 2.75) is 20.8 Å². The summed E-state index contributed by atoms with van der Waals surface area (Å²) in [6.45, 7) is 5.64. The third-order valence-electron chi connectivity index (χ3n) is 3.82. The number of aryl methyl sites for hydroxylation is 2. The Morgan fingerprint density at radius 2 is 1.67 bits per heavy atom. The molecule has 0 atom stereocenters. The van der Waals surface area contributed by atoms with Gasteiger partial charge in [-0.3, -0.25) is 9.78 Å². The molecule has 0 aliphatic rings. The summed E-state index contributed by atoms with van der Waals surface area (Å²) in [6, 6.07) is 14.2. The number of rotatable bonds is 2. The molecule has 3 aromatic rings. The van der Waals surface area contributed by atoms with Gasteiger partial charge in [-0.25, -0.2) is 0 Å². The van der Waals surface area contributed by atoms with Crippen LogP contribution in [0.5, 0.6) is 0 Å². The van der Waals surface area contributed by atoms with E-state index in [4.69, 9.17) is 0 Å². The van der Waals surface area contributed by atoms with Gasteiger partial charge in [0.05, 0.1) is 5.52 Å². The SMILES string of the molecule is CC(=O)c1c(C)cc(C)c2ncc(-c3ccccc3)cc12. The Morgan fingerprint density at radius 3 is 2.33 bits per heavy atom. The molecule has 0 unspecified atom stereocenters. The molecule has 1 aromatic heterocycles. The predicted molar refractivity (Wildman–Crippen MR) is 86.7 cm³/mol. The van der Waals surface area contributed by atoms with Crippen molar-refractivity contribution in [2.24, 2.45) is 0 Å². The number of carbonyl (C=O) groups is 1. The molecule has 21 heavy (non-hydrogen) atoms. The summed E-state index contributed by atoms with van der Waals surface area (Å²) in [6.07, 6.45) is 1.88. The Bertz CT molecular complexity index is 835. The fraction of sp³-hybridized carbons (Fsp3) is 0.158. The highest BCUT2D eigenvalue weighted by molar-refractivity contribution is 6.08. The van der Waals surface area contributed by atoms with Gasteiger partial charge < -0.3 is 0 Å². The number of nitrogens with zero attached hydrogens (tertiary/aromatic N) is 1. The Labute approximate surface area is 124 Å². The van der Waals surface area contributed by atoms with Crippen LogP contribution in [0.15, 0.2) is 48.7 Å². The van der Waals surface area contributed by atoms with E-state index in [2.05, 4.69) is 23.2 Å². The van der Waals surface area contributed by atoms with Crippen LogP contribution in [0.3, 0.4) is 0 Å². The van der Waals surface area contributed by atoms with Crippen LogP contribution in [-0.2, 0) is 0 Å². The second kappa shape index (κ2) is 5.13. The molecule has 0 fully saturated rings. The molecular formula is C19H17NO. The van der Waals surface area contributed by atoms with Crippen LogP contribution in [0.2, 0.25) is 0 Å². The summed E-state index contributed by atoms with van der Waals surface area (Å²) in [5.74, 6) is 0.0875. The van der Waals surface area contributed by atoms with E-state index in [0.29, 0.717) is 0 Å². The minimum atomic E-state index is 0.0875. The molecule has 2 aromatic carbocycles. The highest BCUT2D eigenvalue weighted by Gasteiger charge is 2.13. The summed E-state index contributed by atoms with van der Waals surface area (Å²) < 4.78 is 0. The third-order valence-corrected chi connectivity index (χ3v) is 3.82. The van der Waals surface area contributed by atoms with E-state index in [-0.39, 0.29) is 5.78 Å². The van der Waals surface area contributed by atoms with Crippen molar-refractivity contribution >= 4 is 16.7 Å². The maximum absolute atomic E-state index is 12.0. The highest BCUT2D eigenvalue weighted by atomic mass is 16.1. The summed E-state index contributed by atoms with van der Waals surface area (Å²) >= 11 is 0. The number of Topliss-reactive ketones (excluding diaryl/α,β-unsaturated/α-hetero) is 1. The van der Waals surface area contributed by atoms with Crippen molar-refractivity contribution in [3.8, 4) is 11.1 Å². The van der Waals surface area contributed by atoms with E-state index in [1.165, 1.54) is 0 Å². The van der Waals surface area contributed by atoms with Crippen molar-refractivity contribution < 1.29 is 4.79 Å². The van der Waals surface area contributed by atoms with Gasteiger partial charge in [0.1, 0.15) is 0 Å². The van der Waals surface area contributed by atoms with Crippen molar-refractivity contribution in [1.29, 1.82) is 0 Å². The Kier molecular flexibility index (Phi) is 3.30. The molecule has 2 heteroatoms. The molecule has 3 rings (SSSR count). The molecule has 0 radical (unpaired) electrons. The van der Waals surface area contributed by atoms with Gasteiger partial charge in [-0.2, -0.15) is 0 Å². The van der Waals surface area contributed by atoms with E-state index < -0.39 is 0 Å². The van der Waals surface area contributed by atoms with E-state index in [1.807, 2.05) is 44.3 Å². The second-order valence-corrected chi connectivity index (χ2v) is 5.43. The number of pyridine rings is 1. The van der Waals surface area contributed by atoms with Crippen LogP contribution in [0.1, 0.15) is 28.4 Å². The lowest BCUT2D eigenvalue weighted by Crippen LogP contribution is -2.00. The lowest BCUT2D eigenvalue weighted by atomic mass is 9.94. The van der Waals surface area contributed by atoms with Gasteiger partial charge in [-0.05, 0) is 43.5 Å². The minimum Gasteiger partial charge on any atom is -0.294 e. The van der Waals surface area contributed by atoms with Crippen LogP contribution in [0.25, 0.3) is 22.0 Å². The second-order valence-electron chi connectivity index (χ2n) is 5.43. The number of aromatic nitrogens is 1. The zero-order valence-electron chi connectivity index (χ0n) is 12.5. The standard InChI is InChI=1S/C19H17NO/c1-12-9-13(2)19-17(18(12)14(3)21)10-16(11-20-19)15-7-5-4-6-8-15/h4-11H,1-3H3. The molecule has 0 N–H and O–H groups in total. The van der Waals surface area contributed by atoms with E-state index in [9.17, 15) is 4.79 Å². The topological polar surface area (TPSA) is 30.0 Å². The first kappa shape index (κ1) is 13.5. The highest BCUT2D eigenvalue weighted by Crippen LogP contribution is 2.29. The molecule has 2 nitrogen and oxygen atoms in total. The normalized spacial score (nSPS) is 10.8. The molecule has 0 aliphatic carbocycles. The lowest BCUT2D eigenvalue weighted by Gasteiger charge is -2.11. The molecule has 0 spiro atoms. The van der Waals surface area contributed by atoms with Gasteiger partial charge in [-0.15, -0.1) is 0 Å². The molecule has 0 saturated heterocycles. The first-order chi connectivity index (χ1) is 10.1. The van der Waals surface area contributed by atoms with Gasteiger partial charge in [0.15, 0.2) is 5.78 Å². The van der Waals surface area contributed by atoms with Crippen molar-refractivity contribution in [2.75, 3.05) is 0 Å². The summed E-state index contributed by atoms with van der Waals surface area (Å²) in [7, 11) is 0. The van der Waals surface area contributed by atoms with Gasteiger partial charge in [0, 0.05) is 22.7 Å². The lowest BCUT2D eigenvalue weighted by molar-refractivity contribution is 0.101. The zero-order valence-corrected chi connectivity index (χ0v) is 12.5. The first-order valence-electron chi connectivity index (χ1n) is 7.04. The number of fused-ring (bicyclic) bond motifs is 1. The van der Waals surface area contributed by atoms with Crippen molar-refractivity contribution in [3.63, 3.8) is 0 Å². The molecule has 1 heterocycles. The third kappa shape index (κ3) is 2.33. The maximum atomic E-state index is 12.0. The van der Waals surface area contributed by atoms with Gasteiger partial charge in [0.25, 0.3) is 0 Å². The van der Waals surface area contributed by atoms with Crippen LogP contribution in [0, 0.1) is 13.8 Å². The van der Waals surface area contributed by atoms with Gasteiger partial charge in [0.2, 0.25) is 0 Å². The Morgan fingerprint density at radius 1 is 0.952 bits per heavy atom. The molecule has 104 valence electrons. The monoisotopic (exact) mass is 275 g/mol. The average Bonchev–Trinajstić information content (AvgIpc) is 2.47. The van der Waals surface area contributed by atoms with E-state index in [1.54, 1.807) is 6.92 Å². The molecule has 0 saturated carbocycles. The molecule has 0 amide bonds. The smallest absolute Gasteiger partial charge is 0.160 e.